The van der Waals surface area contributed by atoms with Crippen LogP contribution in [0.1, 0.15) is 29.3 Å². The first-order chi connectivity index (χ1) is 8.40. The van der Waals surface area contributed by atoms with Crippen molar-refractivity contribution in [2.75, 3.05) is 6.61 Å². The smallest absolute Gasteiger partial charge is 0.343 e. The Balaban J connectivity index is 3.51. The quantitative estimate of drug-likeness (QED) is 0.360. The third-order valence-corrected chi connectivity index (χ3v) is 1.95. The number of carbonyl (C=O) groups is 1. The van der Waals surface area contributed by atoms with Gasteiger partial charge in [-0.1, -0.05) is 0 Å². The molecule has 0 aromatic carbocycles. The molecule has 0 aliphatic rings. The molecule has 0 saturated carbocycles. The predicted molar refractivity (Wildman–Crippen MR) is 51.8 cm³/mol. The highest BCUT2D eigenvalue weighted by molar-refractivity contribution is 5.92. The van der Waals surface area contributed by atoms with Gasteiger partial charge < -0.3 is 4.74 Å². The fourth-order valence-corrected chi connectivity index (χ4v) is 1.25. The van der Waals surface area contributed by atoms with Gasteiger partial charge in [0.2, 0.25) is 5.95 Å². The van der Waals surface area contributed by atoms with E-state index >= 15 is 0 Å². The van der Waals surface area contributed by atoms with Crippen LogP contribution in [0.15, 0.2) is 6.20 Å². The van der Waals surface area contributed by atoms with E-state index < -0.39 is 40.1 Å². The number of pyridine rings is 1. The van der Waals surface area contributed by atoms with Gasteiger partial charge >= 0.3 is 5.97 Å². The molecule has 0 aliphatic carbocycles. The van der Waals surface area contributed by atoms with E-state index in [1.54, 1.807) is 0 Å². The Kier molecular flexibility index (Phi) is 4.18. The molecule has 6 nitrogen and oxygen atoms in total. The highest BCUT2D eigenvalue weighted by Gasteiger charge is 2.33. The monoisotopic (exact) mass is 264 g/mol. The van der Waals surface area contributed by atoms with Crippen molar-refractivity contribution >= 4 is 11.7 Å². The van der Waals surface area contributed by atoms with Crippen molar-refractivity contribution in [2.24, 2.45) is 0 Å². The molecule has 1 aromatic rings. The number of ether oxygens (including phenoxy) is 1. The summed E-state index contributed by atoms with van der Waals surface area (Å²) < 4.78 is 43.1. The van der Waals surface area contributed by atoms with Crippen molar-refractivity contribution in [1.29, 1.82) is 0 Å². The second kappa shape index (κ2) is 5.43. The summed E-state index contributed by atoms with van der Waals surface area (Å²) in [4.78, 5) is 23.6. The number of esters is 1. The SMILES string of the molecule is CCOC(=O)c1c(F)ncc([N+](=O)[O-])c1C(F)F. The molecule has 0 radical (unpaired) electrons. The highest BCUT2D eigenvalue weighted by Crippen LogP contribution is 2.32. The molecular formula is C9H7F3N2O4. The van der Waals surface area contributed by atoms with Gasteiger partial charge in [-0.3, -0.25) is 10.1 Å². The van der Waals surface area contributed by atoms with Gasteiger partial charge in [0.15, 0.2) is 0 Å². The summed E-state index contributed by atoms with van der Waals surface area (Å²) in [5.74, 6) is -2.95. The van der Waals surface area contributed by atoms with Crippen molar-refractivity contribution in [2.45, 2.75) is 13.3 Å². The van der Waals surface area contributed by atoms with Crippen molar-refractivity contribution in [3.05, 3.63) is 33.4 Å². The van der Waals surface area contributed by atoms with E-state index in [0.29, 0.717) is 6.20 Å². The zero-order chi connectivity index (χ0) is 13.9. The minimum Gasteiger partial charge on any atom is -0.462 e. The number of aromatic nitrogens is 1. The third-order valence-electron chi connectivity index (χ3n) is 1.95. The molecule has 1 heterocycles. The Morgan fingerprint density at radius 2 is 2.22 bits per heavy atom. The van der Waals surface area contributed by atoms with Crippen molar-refractivity contribution in [3.8, 4) is 0 Å². The highest BCUT2D eigenvalue weighted by atomic mass is 19.3. The lowest BCUT2D eigenvalue weighted by atomic mass is 10.1. The average Bonchev–Trinajstić information content (AvgIpc) is 2.27. The van der Waals surface area contributed by atoms with Crippen LogP contribution in [-0.2, 0) is 4.74 Å². The van der Waals surface area contributed by atoms with Gasteiger partial charge in [0.25, 0.3) is 12.1 Å². The average molecular weight is 264 g/mol. The van der Waals surface area contributed by atoms with Crippen LogP contribution in [0.3, 0.4) is 0 Å². The predicted octanol–water partition coefficient (Wildman–Crippen LogP) is 2.24. The van der Waals surface area contributed by atoms with Crippen LogP contribution >= 0.6 is 0 Å². The zero-order valence-electron chi connectivity index (χ0n) is 9.02. The molecular weight excluding hydrogens is 257 g/mol. The van der Waals surface area contributed by atoms with Gasteiger partial charge in [0.1, 0.15) is 17.3 Å². The summed E-state index contributed by atoms with van der Waals surface area (Å²) in [6.45, 7) is 1.19. The molecule has 0 spiro atoms. The molecule has 0 aliphatic heterocycles. The molecule has 0 unspecified atom stereocenters. The molecule has 0 fully saturated rings. The summed E-state index contributed by atoms with van der Waals surface area (Å²) in [5.41, 5.74) is -3.67. The summed E-state index contributed by atoms with van der Waals surface area (Å²) in [5, 5.41) is 10.5. The number of halogens is 3. The molecule has 1 rings (SSSR count). The lowest BCUT2D eigenvalue weighted by Gasteiger charge is -2.08. The van der Waals surface area contributed by atoms with Crippen molar-refractivity contribution in [1.82, 2.24) is 4.98 Å². The standard InChI is InChI=1S/C9H7F3N2O4/c1-2-18-9(15)6-5(7(10)11)4(14(16)17)3-13-8(6)12/h3,7H,2H2,1H3. The van der Waals surface area contributed by atoms with Gasteiger partial charge in [-0.25, -0.2) is 18.6 Å². The summed E-state index contributed by atoms with van der Waals surface area (Å²) in [6.07, 6.45) is -3.07. The zero-order valence-corrected chi connectivity index (χ0v) is 9.02. The van der Waals surface area contributed by atoms with Gasteiger partial charge in [0.05, 0.1) is 11.5 Å². The van der Waals surface area contributed by atoms with Crippen LogP contribution in [0.5, 0.6) is 0 Å². The molecule has 0 N–H and O–H groups in total. The first-order valence-corrected chi connectivity index (χ1v) is 4.68. The van der Waals surface area contributed by atoms with Gasteiger partial charge in [-0.05, 0) is 6.92 Å². The van der Waals surface area contributed by atoms with Gasteiger partial charge in [-0.15, -0.1) is 0 Å². The number of hydrogen-bond donors (Lipinski definition) is 0. The van der Waals surface area contributed by atoms with Crippen LogP contribution in [0.4, 0.5) is 18.9 Å². The number of nitrogens with zero attached hydrogens (tertiary/aromatic N) is 2. The number of nitro groups is 1. The summed E-state index contributed by atoms with van der Waals surface area (Å²) in [6, 6.07) is 0. The third kappa shape index (κ3) is 2.55. The van der Waals surface area contributed by atoms with Crippen LogP contribution in [0.2, 0.25) is 0 Å². The van der Waals surface area contributed by atoms with Gasteiger partial charge in [0, 0.05) is 0 Å². The lowest BCUT2D eigenvalue weighted by Crippen LogP contribution is -2.14. The van der Waals surface area contributed by atoms with E-state index in [1.807, 2.05) is 0 Å². The maximum absolute atomic E-state index is 13.3. The molecule has 0 bridgehead atoms. The number of hydrogen-bond acceptors (Lipinski definition) is 5. The van der Waals surface area contributed by atoms with Crippen LogP contribution in [0, 0.1) is 16.1 Å². The molecule has 0 saturated heterocycles. The second-order valence-electron chi connectivity index (χ2n) is 3.00. The fraction of sp³-hybridized carbons (Fsp3) is 0.333. The molecule has 1 aromatic heterocycles. The topological polar surface area (TPSA) is 82.3 Å². The normalized spacial score (nSPS) is 10.5. The largest absolute Gasteiger partial charge is 0.462 e. The summed E-state index contributed by atoms with van der Waals surface area (Å²) >= 11 is 0. The first-order valence-electron chi connectivity index (χ1n) is 4.68. The Bertz CT molecular complexity index is 493. The van der Waals surface area contributed by atoms with Crippen LogP contribution in [-0.4, -0.2) is 22.5 Å². The Morgan fingerprint density at radius 1 is 1.61 bits per heavy atom. The minimum atomic E-state index is -3.40. The van der Waals surface area contributed by atoms with E-state index in [9.17, 15) is 28.1 Å². The maximum Gasteiger partial charge on any atom is 0.343 e. The van der Waals surface area contributed by atoms with E-state index in [1.165, 1.54) is 6.92 Å². The van der Waals surface area contributed by atoms with E-state index in [-0.39, 0.29) is 6.61 Å². The Labute approximate surface area is 98.5 Å². The second-order valence-corrected chi connectivity index (χ2v) is 3.00. The summed E-state index contributed by atoms with van der Waals surface area (Å²) in [7, 11) is 0. The van der Waals surface area contributed by atoms with Crippen molar-refractivity contribution < 1.29 is 27.6 Å². The first kappa shape index (κ1) is 13.9. The molecule has 9 heteroatoms. The molecule has 0 atom stereocenters. The van der Waals surface area contributed by atoms with E-state index in [2.05, 4.69) is 9.72 Å². The Morgan fingerprint density at radius 3 is 2.67 bits per heavy atom. The number of alkyl halides is 2. The fourth-order valence-electron chi connectivity index (χ4n) is 1.25. The number of carbonyl (C=O) groups excluding carboxylic acids is 1. The van der Waals surface area contributed by atoms with E-state index in [0.717, 1.165) is 0 Å². The van der Waals surface area contributed by atoms with E-state index in [4.69, 9.17) is 0 Å². The lowest BCUT2D eigenvalue weighted by molar-refractivity contribution is -0.386. The molecule has 0 amide bonds. The number of rotatable bonds is 4. The van der Waals surface area contributed by atoms with Crippen molar-refractivity contribution in [3.63, 3.8) is 0 Å². The maximum atomic E-state index is 13.3. The van der Waals surface area contributed by atoms with Crippen LogP contribution in [0.25, 0.3) is 0 Å². The minimum absolute atomic E-state index is 0.191. The van der Waals surface area contributed by atoms with Gasteiger partial charge in [-0.2, -0.15) is 4.39 Å². The Hall–Kier alpha value is -2.19. The molecule has 18 heavy (non-hydrogen) atoms. The van der Waals surface area contributed by atoms with Crippen LogP contribution < -0.4 is 0 Å². The molecule has 98 valence electrons.